The van der Waals surface area contributed by atoms with Crippen LogP contribution in [0.3, 0.4) is 0 Å². The highest BCUT2D eigenvalue weighted by molar-refractivity contribution is 5.79. The predicted octanol–water partition coefficient (Wildman–Crippen LogP) is 1.65. The topological polar surface area (TPSA) is 67.9 Å². The minimum atomic E-state index is -0.503. The molecule has 1 N–H and O–H groups in total. The van der Waals surface area contributed by atoms with Gasteiger partial charge in [0.15, 0.2) is 0 Å². The molecule has 5 nitrogen and oxygen atoms in total. The van der Waals surface area contributed by atoms with Gasteiger partial charge in [0.2, 0.25) is 0 Å². The van der Waals surface area contributed by atoms with Crippen molar-refractivity contribution in [3.63, 3.8) is 0 Å². The van der Waals surface area contributed by atoms with Gasteiger partial charge in [0.1, 0.15) is 11.4 Å². The number of ether oxygens (including phenoxy) is 2. The Morgan fingerprint density at radius 1 is 1.35 bits per heavy atom. The average molecular weight is 243 g/mol. The van der Waals surface area contributed by atoms with E-state index in [2.05, 4.69) is 5.32 Å². The van der Waals surface area contributed by atoms with Crippen molar-refractivity contribution in [2.45, 2.75) is 51.7 Å². The molecule has 5 heteroatoms. The molecule has 1 fully saturated rings. The van der Waals surface area contributed by atoms with Crippen LogP contribution in [0.2, 0.25) is 0 Å². The number of carbonyl (C=O) groups is 2. The number of nitrogens with one attached hydrogen (secondary N) is 1. The van der Waals surface area contributed by atoms with Crippen LogP contribution in [0.5, 0.6) is 0 Å². The van der Waals surface area contributed by atoms with Crippen LogP contribution in [0.4, 0.5) is 4.79 Å². The Bertz CT molecular complexity index is 279. The normalized spacial score (nSPS) is 18.6. The van der Waals surface area contributed by atoms with Gasteiger partial charge in [0.05, 0.1) is 12.7 Å². The number of alkyl carbamates (subject to hydrolysis) is 1. The molecule has 98 valence electrons. The van der Waals surface area contributed by atoms with E-state index in [0.29, 0.717) is 19.4 Å². The monoisotopic (exact) mass is 243 g/mol. The summed E-state index contributed by atoms with van der Waals surface area (Å²) in [6, 6.07) is 0. The zero-order valence-corrected chi connectivity index (χ0v) is 10.7. The van der Waals surface area contributed by atoms with Gasteiger partial charge in [-0.2, -0.15) is 0 Å². The quantitative estimate of drug-likeness (QED) is 0.720. The van der Waals surface area contributed by atoms with Gasteiger partial charge in [-0.1, -0.05) is 0 Å². The first-order valence-electron chi connectivity index (χ1n) is 5.97. The minimum Gasteiger partial charge on any atom is -0.444 e. The molecule has 17 heavy (non-hydrogen) atoms. The van der Waals surface area contributed by atoms with E-state index in [-0.39, 0.29) is 11.9 Å². The molecule has 1 aliphatic rings. The molecule has 0 bridgehead atoms. The van der Waals surface area contributed by atoms with Crippen molar-refractivity contribution in [3.05, 3.63) is 0 Å². The third-order valence-corrected chi connectivity index (χ3v) is 2.22. The van der Waals surface area contributed by atoms with Gasteiger partial charge in [-0.3, -0.25) is 4.79 Å². The van der Waals surface area contributed by atoms with Crippen molar-refractivity contribution in [1.29, 1.82) is 0 Å². The molecule has 1 heterocycles. The number of ketones is 1. The van der Waals surface area contributed by atoms with Gasteiger partial charge >= 0.3 is 6.09 Å². The van der Waals surface area contributed by atoms with Crippen LogP contribution >= 0.6 is 0 Å². The maximum Gasteiger partial charge on any atom is 0.407 e. The number of rotatable bonds is 6. The predicted molar refractivity (Wildman–Crippen MR) is 62.8 cm³/mol. The zero-order chi connectivity index (χ0) is 12.9. The highest BCUT2D eigenvalue weighted by Gasteiger charge is 2.22. The second-order valence-electron chi connectivity index (χ2n) is 5.21. The summed E-state index contributed by atoms with van der Waals surface area (Å²) in [6.45, 7) is 6.51. The standard InChI is InChI=1S/C12H21NO4/c1-12(2,3)17-11(15)13-7-6-9(14)4-5-10-8-16-10/h10H,4-8H2,1-3H3,(H,13,15). The SMILES string of the molecule is CC(C)(C)OC(=O)NCCC(=O)CCC1CO1. The fraction of sp³-hybridized carbons (Fsp3) is 0.833. The Morgan fingerprint density at radius 2 is 2.00 bits per heavy atom. The molecule has 0 radical (unpaired) electrons. The molecule has 1 amide bonds. The summed E-state index contributed by atoms with van der Waals surface area (Å²) in [6.07, 6.45) is 1.49. The van der Waals surface area contributed by atoms with Crippen LogP contribution in [0.25, 0.3) is 0 Å². The number of Topliss-reactive ketones (excluding diaryl/α,β-unsaturated/α-hetero) is 1. The summed E-state index contributed by atoms with van der Waals surface area (Å²) < 4.78 is 10.1. The number of amides is 1. The lowest BCUT2D eigenvalue weighted by atomic mass is 10.1. The van der Waals surface area contributed by atoms with Crippen LogP contribution in [-0.4, -0.2) is 36.7 Å². The van der Waals surface area contributed by atoms with Crippen molar-refractivity contribution in [2.24, 2.45) is 0 Å². The van der Waals surface area contributed by atoms with Gasteiger partial charge in [-0.25, -0.2) is 4.79 Å². The molecule has 0 aromatic carbocycles. The molecular weight excluding hydrogens is 222 g/mol. The first-order valence-corrected chi connectivity index (χ1v) is 5.97. The number of epoxide rings is 1. The summed E-state index contributed by atoms with van der Waals surface area (Å²) in [7, 11) is 0. The first kappa shape index (κ1) is 14.0. The Morgan fingerprint density at radius 3 is 2.53 bits per heavy atom. The first-order chi connectivity index (χ1) is 7.87. The zero-order valence-electron chi connectivity index (χ0n) is 10.7. The summed E-state index contributed by atoms with van der Waals surface area (Å²) in [5.74, 6) is 0.150. The second-order valence-corrected chi connectivity index (χ2v) is 5.21. The van der Waals surface area contributed by atoms with Crippen molar-refractivity contribution in [1.82, 2.24) is 5.32 Å². The molecule has 1 aliphatic heterocycles. The Labute approximate surface area is 102 Å². The van der Waals surface area contributed by atoms with Gasteiger partial charge in [-0.05, 0) is 27.2 Å². The molecular formula is C12H21NO4. The molecule has 0 aromatic heterocycles. The third kappa shape index (κ3) is 7.74. The smallest absolute Gasteiger partial charge is 0.407 e. The maximum atomic E-state index is 11.4. The van der Waals surface area contributed by atoms with E-state index in [1.165, 1.54) is 0 Å². The van der Waals surface area contributed by atoms with Crippen molar-refractivity contribution in [3.8, 4) is 0 Å². The minimum absolute atomic E-state index is 0.150. The number of carbonyl (C=O) groups excluding carboxylic acids is 2. The largest absolute Gasteiger partial charge is 0.444 e. The van der Waals surface area contributed by atoms with E-state index in [9.17, 15) is 9.59 Å². The average Bonchev–Trinajstić information content (AvgIpc) is 2.95. The molecule has 0 spiro atoms. The van der Waals surface area contributed by atoms with Crippen LogP contribution in [0.1, 0.15) is 40.0 Å². The summed E-state index contributed by atoms with van der Waals surface area (Å²) in [5.41, 5.74) is -0.503. The molecule has 1 rings (SSSR count). The number of hydrogen-bond donors (Lipinski definition) is 1. The van der Waals surface area contributed by atoms with Gasteiger partial charge < -0.3 is 14.8 Å². The Kier molecular flexibility index (Phi) is 4.93. The van der Waals surface area contributed by atoms with E-state index in [0.717, 1.165) is 13.0 Å². The van der Waals surface area contributed by atoms with Crippen LogP contribution in [0, 0.1) is 0 Å². The third-order valence-electron chi connectivity index (χ3n) is 2.22. The van der Waals surface area contributed by atoms with E-state index in [1.54, 1.807) is 20.8 Å². The van der Waals surface area contributed by atoms with E-state index in [4.69, 9.17) is 9.47 Å². The van der Waals surface area contributed by atoms with E-state index >= 15 is 0 Å². The molecule has 1 atom stereocenters. The van der Waals surface area contributed by atoms with Crippen molar-refractivity contribution in [2.75, 3.05) is 13.2 Å². The van der Waals surface area contributed by atoms with E-state index < -0.39 is 11.7 Å². The fourth-order valence-corrected chi connectivity index (χ4v) is 1.30. The summed E-state index contributed by atoms with van der Waals surface area (Å²) >= 11 is 0. The molecule has 1 unspecified atom stereocenters. The maximum absolute atomic E-state index is 11.4. The highest BCUT2D eigenvalue weighted by Crippen LogP contribution is 2.15. The lowest BCUT2D eigenvalue weighted by Gasteiger charge is -2.19. The fourth-order valence-electron chi connectivity index (χ4n) is 1.30. The van der Waals surface area contributed by atoms with Gasteiger partial charge in [-0.15, -0.1) is 0 Å². The Hall–Kier alpha value is -1.10. The molecule has 0 saturated carbocycles. The molecule has 0 aliphatic carbocycles. The van der Waals surface area contributed by atoms with Crippen LogP contribution in [0.15, 0.2) is 0 Å². The number of hydrogen-bond acceptors (Lipinski definition) is 4. The van der Waals surface area contributed by atoms with Gasteiger partial charge in [0, 0.05) is 19.4 Å². The lowest BCUT2D eigenvalue weighted by molar-refractivity contribution is -0.119. The van der Waals surface area contributed by atoms with Gasteiger partial charge in [0.25, 0.3) is 0 Å². The van der Waals surface area contributed by atoms with E-state index in [1.807, 2.05) is 0 Å². The summed E-state index contributed by atoms with van der Waals surface area (Å²) in [5, 5.41) is 2.56. The summed E-state index contributed by atoms with van der Waals surface area (Å²) in [4.78, 5) is 22.6. The van der Waals surface area contributed by atoms with Crippen molar-refractivity contribution < 1.29 is 19.1 Å². The Balaban J connectivity index is 2.01. The second kappa shape index (κ2) is 6.00. The van der Waals surface area contributed by atoms with Crippen molar-refractivity contribution >= 4 is 11.9 Å². The van der Waals surface area contributed by atoms with Crippen LogP contribution in [-0.2, 0) is 14.3 Å². The highest BCUT2D eigenvalue weighted by atomic mass is 16.6. The molecule has 0 aromatic rings. The van der Waals surface area contributed by atoms with Crippen LogP contribution < -0.4 is 5.32 Å². The molecule has 1 saturated heterocycles. The lowest BCUT2D eigenvalue weighted by Crippen LogP contribution is -2.33.